The third-order valence-corrected chi connectivity index (χ3v) is 5.27. The van der Waals surface area contributed by atoms with Crippen LogP contribution in [-0.2, 0) is 11.2 Å². The number of nitrogens with zero attached hydrogens (tertiary/aromatic N) is 1. The van der Waals surface area contributed by atoms with Gasteiger partial charge in [-0.05, 0) is 60.9 Å². The molecule has 2 aromatic carbocycles. The minimum atomic E-state index is -0.250. The van der Waals surface area contributed by atoms with E-state index in [0.29, 0.717) is 42.6 Å². The molecule has 6 heteroatoms. The molecule has 1 fully saturated rings. The highest BCUT2D eigenvalue weighted by Gasteiger charge is 2.34. The number of hydrogen-bond donors (Lipinski definition) is 0. The van der Waals surface area contributed by atoms with Gasteiger partial charge < -0.3 is 9.47 Å². The second-order valence-electron chi connectivity index (χ2n) is 6.56. The van der Waals surface area contributed by atoms with Crippen LogP contribution in [0.5, 0.6) is 11.5 Å². The molecule has 1 heterocycles. The van der Waals surface area contributed by atoms with E-state index in [-0.39, 0.29) is 11.1 Å². The van der Waals surface area contributed by atoms with Crippen LogP contribution in [0, 0.1) is 0 Å². The summed E-state index contributed by atoms with van der Waals surface area (Å²) in [7, 11) is 0. The van der Waals surface area contributed by atoms with Crippen molar-refractivity contribution in [2.24, 2.45) is 0 Å². The average Bonchev–Trinajstić information content (AvgIpc) is 2.99. The SMILES string of the molecule is CCCOc1ccc(/C=C2\SC(=O)N(CCc3ccccc3)C2=O)cc1OCC. The van der Waals surface area contributed by atoms with Crippen LogP contribution in [-0.4, -0.2) is 35.8 Å². The van der Waals surface area contributed by atoms with Gasteiger partial charge in [0.05, 0.1) is 18.1 Å². The van der Waals surface area contributed by atoms with Crippen molar-refractivity contribution in [1.29, 1.82) is 0 Å². The van der Waals surface area contributed by atoms with Crippen molar-refractivity contribution in [3.05, 3.63) is 64.6 Å². The zero-order valence-corrected chi connectivity index (χ0v) is 17.5. The van der Waals surface area contributed by atoms with Gasteiger partial charge in [-0.15, -0.1) is 0 Å². The van der Waals surface area contributed by atoms with Crippen LogP contribution < -0.4 is 9.47 Å². The van der Waals surface area contributed by atoms with E-state index in [0.717, 1.165) is 29.3 Å². The van der Waals surface area contributed by atoms with Crippen LogP contribution in [0.3, 0.4) is 0 Å². The van der Waals surface area contributed by atoms with Gasteiger partial charge in [-0.3, -0.25) is 14.5 Å². The zero-order valence-electron chi connectivity index (χ0n) is 16.7. The van der Waals surface area contributed by atoms with Crippen LogP contribution in [0.2, 0.25) is 0 Å². The number of benzene rings is 2. The van der Waals surface area contributed by atoms with E-state index in [1.807, 2.05) is 62.4 Å². The molecule has 29 heavy (non-hydrogen) atoms. The molecule has 3 rings (SSSR count). The normalized spacial score (nSPS) is 15.2. The molecule has 0 aromatic heterocycles. The molecule has 0 unspecified atom stereocenters. The lowest BCUT2D eigenvalue weighted by Gasteiger charge is -2.12. The summed E-state index contributed by atoms with van der Waals surface area (Å²) in [6.45, 7) is 5.46. The lowest BCUT2D eigenvalue weighted by molar-refractivity contribution is -0.122. The summed E-state index contributed by atoms with van der Waals surface area (Å²) in [5.74, 6) is 1.07. The van der Waals surface area contributed by atoms with Crippen molar-refractivity contribution in [1.82, 2.24) is 4.90 Å². The first-order valence-electron chi connectivity index (χ1n) is 9.81. The van der Waals surface area contributed by atoms with E-state index in [1.165, 1.54) is 4.90 Å². The maximum absolute atomic E-state index is 12.7. The van der Waals surface area contributed by atoms with Gasteiger partial charge in [0.1, 0.15) is 0 Å². The van der Waals surface area contributed by atoms with E-state index in [4.69, 9.17) is 9.47 Å². The van der Waals surface area contributed by atoms with Crippen LogP contribution in [0.25, 0.3) is 6.08 Å². The van der Waals surface area contributed by atoms with Crippen LogP contribution >= 0.6 is 11.8 Å². The first kappa shape index (κ1) is 21.0. The van der Waals surface area contributed by atoms with Gasteiger partial charge in [-0.2, -0.15) is 0 Å². The van der Waals surface area contributed by atoms with Crippen molar-refractivity contribution in [2.75, 3.05) is 19.8 Å². The number of hydrogen-bond acceptors (Lipinski definition) is 5. The van der Waals surface area contributed by atoms with Gasteiger partial charge in [-0.1, -0.05) is 43.3 Å². The number of thioether (sulfide) groups is 1. The molecule has 1 saturated heterocycles. The van der Waals surface area contributed by atoms with E-state index < -0.39 is 0 Å². The minimum Gasteiger partial charge on any atom is -0.490 e. The summed E-state index contributed by atoms with van der Waals surface area (Å²) < 4.78 is 11.4. The lowest BCUT2D eigenvalue weighted by Crippen LogP contribution is -2.30. The molecule has 0 atom stereocenters. The predicted octanol–water partition coefficient (Wildman–Crippen LogP) is 5.15. The topological polar surface area (TPSA) is 55.8 Å². The Morgan fingerprint density at radius 2 is 1.79 bits per heavy atom. The van der Waals surface area contributed by atoms with Crippen LogP contribution in [0.15, 0.2) is 53.4 Å². The molecule has 1 aliphatic rings. The van der Waals surface area contributed by atoms with Gasteiger partial charge in [0.2, 0.25) is 0 Å². The van der Waals surface area contributed by atoms with Gasteiger partial charge in [0, 0.05) is 6.54 Å². The molecule has 2 aromatic rings. The van der Waals surface area contributed by atoms with Crippen LogP contribution in [0.1, 0.15) is 31.4 Å². The Morgan fingerprint density at radius 1 is 1.00 bits per heavy atom. The molecule has 0 radical (unpaired) electrons. The Labute approximate surface area is 175 Å². The molecular formula is C23H25NO4S. The first-order valence-corrected chi connectivity index (χ1v) is 10.6. The Kier molecular flexibility index (Phi) is 7.36. The van der Waals surface area contributed by atoms with Gasteiger partial charge in [-0.25, -0.2) is 0 Å². The molecule has 0 spiro atoms. The fraction of sp³-hybridized carbons (Fsp3) is 0.304. The van der Waals surface area contributed by atoms with Crippen molar-refractivity contribution < 1.29 is 19.1 Å². The predicted molar refractivity (Wildman–Crippen MR) is 116 cm³/mol. The summed E-state index contributed by atoms with van der Waals surface area (Å²) in [5, 5.41) is -0.231. The summed E-state index contributed by atoms with van der Waals surface area (Å²) in [6.07, 6.45) is 3.28. The standard InChI is InChI=1S/C23H25NO4S/c1-3-14-28-19-11-10-18(15-20(19)27-4-2)16-21-22(25)24(23(26)29-21)13-12-17-8-6-5-7-9-17/h5-11,15-16H,3-4,12-14H2,1-2H3/b21-16-. The first-order chi connectivity index (χ1) is 14.1. The number of rotatable bonds is 9. The third-order valence-electron chi connectivity index (χ3n) is 4.37. The van der Waals surface area contributed by atoms with Crippen molar-refractivity contribution >= 4 is 29.0 Å². The monoisotopic (exact) mass is 411 g/mol. The van der Waals surface area contributed by atoms with E-state index >= 15 is 0 Å². The molecule has 0 saturated carbocycles. The average molecular weight is 412 g/mol. The molecule has 0 N–H and O–H groups in total. The Bertz CT molecular complexity index is 895. The van der Waals surface area contributed by atoms with Gasteiger partial charge in [0.15, 0.2) is 11.5 Å². The van der Waals surface area contributed by atoms with E-state index in [9.17, 15) is 9.59 Å². The van der Waals surface area contributed by atoms with E-state index in [1.54, 1.807) is 6.08 Å². The fourth-order valence-corrected chi connectivity index (χ4v) is 3.81. The Balaban J connectivity index is 1.73. The minimum absolute atomic E-state index is 0.231. The molecule has 1 aliphatic heterocycles. The summed E-state index contributed by atoms with van der Waals surface area (Å²) in [4.78, 5) is 26.8. The second kappa shape index (κ2) is 10.2. The van der Waals surface area contributed by atoms with Crippen LogP contribution in [0.4, 0.5) is 4.79 Å². The molecular weight excluding hydrogens is 386 g/mol. The maximum atomic E-state index is 12.7. The molecule has 0 aliphatic carbocycles. The molecule has 2 amide bonds. The number of carbonyl (C=O) groups excluding carboxylic acids is 2. The van der Waals surface area contributed by atoms with E-state index in [2.05, 4.69) is 0 Å². The summed E-state index contributed by atoms with van der Waals surface area (Å²) in [5.41, 5.74) is 1.89. The van der Waals surface area contributed by atoms with Crippen molar-refractivity contribution in [3.8, 4) is 11.5 Å². The van der Waals surface area contributed by atoms with Crippen molar-refractivity contribution in [3.63, 3.8) is 0 Å². The third kappa shape index (κ3) is 5.41. The number of imide groups is 1. The highest BCUT2D eigenvalue weighted by Crippen LogP contribution is 2.34. The quantitative estimate of drug-likeness (QED) is 0.534. The largest absolute Gasteiger partial charge is 0.490 e. The Morgan fingerprint density at radius 3 is 2.52 bits per heavy atom. The van der Waals surface area contributed by atoms with Gasteiger partial charge in [0.25, 0.3) is 11.1 Å². The summed E-state index contributed by atoms with van der Waals surface area (Å²) in [6, 6.07) is 15.4. The maximum Gasteiger partial charge on any atom is 0.293 e. The zero-order chi connectivity index (χ0) is 20.6. The molecule has 152 valence electrons. The molecule has 0 bridgehead atoms. The Hall–Kier alpha value is -2.73. The number of amides is 2. The highest BCUT2D eigenvalue weighted by atomic mass is 32.2. The second-order valence-corrected chi connectivity index (χ2v) is 7.55. The summed E-state index contributed by atoms with van der Waals surface area (Å²) >= 11 is 0.976. The fourth-order valence-electron chi connectivity index (χ4n) is 2.94. The molecule has 5 nitrogen and oxygen atoms in total. The van der Waals surface area contributed by atoms with Crippen molar-refractivity contribution in [2.45, 2.75) is 26.7 Å². The smallest absolute Gasteiger partial charge is 0.293 e. The number of carbonyl (C=O) groups is 2. The number of ether oxygens (including phenoxy) is 2. The van der Waals surface area contributed by atoms with Gasteiger partial charge >= 0.3 is 0 Å². The lowest BCUT2D eigenvalue weighted by atomic mass is 10.1. The highest BCUT2D eigenvalue weighted by molar-refractivity contribution is 8.18.